The van der Waals surface area contributed by atoms with Crippen molar-refractivity contribution >= 4 is 15.2 Å². The van der Waals surface area contributed by atoms with Crippen LogP contribution in [0.5, 0.6) is 11.5 Å². The van der Waals surface area contributed by atoms with Crippen LogP contribution in [-0.2, 0) is 9.13 Å². The molecule has 5 aromatic rings. The topological polar surface area (TPSA) is 93.1 Å². The number of benzene rings is 5. The van der Waals surface area contributed by atoms with Crippen molar-refractivity contribution < 1.29 is 28.0 Å². The maximum absolute atomic E-state index is 13.3. The van der Waals surface area contributed by atoms with E-state index in [-0.39, 0.29) is 23.7 Å². The SMILES string of the molecule is CP(=O)(O)Oc1c2c(c(OP(C)(=O)O)c3c1[C@H]1C[C@@H]3c3cc4c(cc31)[C@H]1C[C@@H]4c3ccccc31)[C@H]1C[C@@H]2c2cc3c(cc21)[C@H]1C[C@@H]3c2ccccc21. The highest BCUT2D eigenvalue weighted by atomic mass is 31.2. The summed E-state index contributed by atoms with van der Waals surface area (Å²) in [5.74, 6) is 2.39. The van der Waals surface area contributed by atoms with Gasteiger partial charge in [0.2, 0.25) is 0 Å². The van der Waals surface area contributed by atoms with Crippen LogP contribution in [0.15, 0.2) is 72.8 Å². The van der Waals surface area contributed by atoms with E-state index in [0.717, 1.165) is 47.9 Å². The van der Waals surface area contributed by atoms with E-state index in [4.69, 9.17) is 9.05 Å². The molecule has 8 bridgehead atoms. The Labute approximate surface area is 301 Å². The highest BCUT2D eigenvalue weighted by molar-refractivity contribution is 7.52. The molecule has 8 heteroatoms. The molecule has 10 atom stereocenters. The minimum atomic E-state index is -3.98. The summed E-state index contributed by atoms with van der Waals surface area (Å²) in [5, 5.41) is 0. The van der Waals surface area contributed by atoms with Crippen LogP contribution >= 0.6 is 15.2 Å². The largest absolute Gasteiger partial charge is 0.424 e. The van der Waals surface area contributed by atoms with Crippen LogP contribution in [0.3, 0.4) is 0 Å². The van der Waals surface area contributed by atoms with Gasteiger partial charge in [-0.05, 0) is 92.4 Å². The third-order valence-electron chi connectivity index (χ3n) is 14.4. The van der Waals surface area contributed by atoms with Crippen molar-refractivity contribution in [2.45, 2.75) is 73.0 Å². The molecule has 0 spiro atoms. The molecule has 2 N–H and O–H groups in total. The van der Waals surface area contributed by atoms with Gasteiger partial charge in [0.25, 0.3) is 0 Å². The van der Waals surface area contributed by atoms with E-state index in [1.54, 1.807) is 0 Å². The first kappa shape index (κ1) is 29.5. The maximum Gasteiger partial charge on any atom is 0.373 e. The average Bonchev–Trinajstić information content (AvgIpc) is 3.98. The van der Waals surface area contributed by atoms with Crippen molar-refractivity contribution in [3.63, 3.8) is 0 Å². The Morgan fingerprint density at radius 2 is 0.654 bits per heavy atom. The molecule has 6 nitrogen and oxygen atoms in total. The third kappa shape index (κ3) is 3.48. The molecule has 0 saturated heterocycles. The van der Waals surface area contributed by atoms with Gasteiger partial charge in [-0.25, -0.2) is 9.13 Å². The first-order valence-electron chi connectivity index (χ1n) is 18.8. The van der Waals surface area contributed by atoms with Crippen molar-refractivity contribution in [1.29, 1.82) is 0 Å². The number of fused-ring (bicyclic) bond motifs is 32. The Balaban J connectivity index is 1.03. The number of hydrogen-bond donors (Lipinski definition) is 2. The zero-order chi connectivity index (χ0) is 34.7. The summed E-state index contributed by atoms with van der Waals surface area (Å²) >= 11 is 0. The van der Waals surface area contributed by atoms with Gasteiger partial charge in [-0.15, -0.1) is 0 Å². The lowest BCUT2D eigenvalue weighted by molar-refractivity contribution is 0.376. The summed E-state index contributed by atoms with van der Waals surface area (Å²) in [7, 11) is -7.97. The van der Waals surface area contributed by atoms with E-state index in [9.17, 15) is 18.9 Å². The van der Waals surface area contributed by atoms with Crippen LogP contribution in [0, 0.1) is 0 Å². The maximum atomic E-state index is 13.3. The summed E-state index contributed by atoms with van der Waals surface area (Å²) in [4.78, 5) is 21.8. The van der Waals surface area contributed by atoms with Crippen LogP contribution in [0.1, 0.15) is 162 Å². The fraction of sp³-hybridized carbons (Fsp3) is 0.318. The molecule has 0 aliphatic heterocycles. The Hall–Kier alpha value is -3.92. The molecule has 0 saturated carbocycles. The lowest BCUT2D eigenvalue weighted by Crippen LogP contribution is -2.16. The summed E-state index contributed by atoms with van der Waals surface area (Å²) in [6.45, 7) is 2.54. The van der Waals surface area contributed by atoms with E-state index >= 15 is 0 Å². The molecule has 0 aromatic heterocycles. The van der Waals surface area contributed by atoms with E-state index in [1.165, 1.54) is 80.1 Å². The van der Waals surface area contributed by atoms with E-state index in [1.807, 2.05) is 0 Å². The van der Waals surface area contributed by atoms with E-state index in [2.05, 4.69) is 72.8 Å². The highest BCUT2D eigenvalue weighted by Gasteiger charge is 2.56. The van der Waals surface area contributed by atoms with Gasteiger partial charge in [-0.1, -0.05) is 72.8 Å². The number of rotatable bonds is 4. The van der Waals surface area contributed by atoms with Gasteiger partial charge in [0.05, 0.1) is 0 Å². The second-order valence-electron chi connectivity index (χ2n) is 16.9. The fourth-order valence-corrected chi connectivity index (χ4v) is 14.0. The first-order valence-corrected chi connectivity index (χ1v) is 22.8. The Morgan fingerprint density at radius 1 is 0.423 bits per heavy atom. The van der Waals surface area contributed by atoms with Crippen molar-refractivity contribution in [3.05, 3.63) is 162 Å². The fourth-order valence-electron chi connectivity index (χ4n) is 13.0. The molecule has 2 unspecified atom stereocenters. The van der Waals surface area contributed by atoms with Crippen molar-refractivity contribution in [2.24, 2.45) is 0 Å². The predicted octanol–water partition coefficient (Wildman–Crippen LogP) is 10.00. The second kappa shape index (κ2) is 9.23. The summed E-state index contributed by atoms with van der Waals surface area (Å²) in [5.41, 5.74) is 20.0. The molecule has 5 aromatic carbocycles. The van der Waals surface area contributed by atoms with E-state index in [0.29, 0.717) is 35.2 Å². The number of hydrogen-bond acceptors (Lipinski definition) is 4. The molecule has 13 rings (SSSR count). The smallest absolute Gasteiger partial charge is 0.373 e. The monoisotopic (exact) mass is 722 g/mol. The van der Waals surface area contributed by atoms with Crippen LogP contribution in [-0.4, -0.2) is 23.1 Å². The average molecular weight is 723 g/mol. The van der Waals surface area contributed by atoms with Gasteiger partial charge in [0, 0.05) is 82.9 Å². The summed E-state index contributed by atoms with van der Waals surface area (Å²) in [6.07, 6.45) is 3.79. The Bertz CT molecular complexity index is 2340. The second-order valence-corrected chi connectivity index (χ2v) is 20.5. The Morgan fingerprint density at radius 3 is 0.904 bits per heavy atom. The molecular weight excluding hydrogens is 686 g/mol. The zero-order valence-electron chi connectivity index (χ0n) is 28.8. The predicted molar refractivity (Wildman–Crippen MR) is 198 cm³/mol. The van der Waals surface area contributed by atoms with Crippen LogP contribution in [0.25, 0.3) is 0 Å². The van der Waals surface area contributed by atoms with Crippen molar-refractivity contribution in [1.82, 2.24) is 0 Å². The molecule has 8 aliphatic carbocycles. The van der Waals surface area contributed by atoms with Crippen LogP contribution < -0.4 is 9.05 Å². The quantitative estimate of drug-likeness (QED) is 0.180. The highest BCUT2D eigenvalue weighted by Crippen LogP contribution is 2.73. The van der Waals surface area contributed by atoms with Gasteiger partial charge in [-0.3, -0.25) is 0 Å². The van der Waals surface area contributed by atoms with Crippen LogP contribution in [0.4, 0.5) is 0 Å². The molecule has 0 heterocycles. The Kier molecular flexibility index (Phi) is 5.24. The van der Waals surface area contributed by atoms with Gasteiger partial charge in [0.1, 0.15) is 11.5 Å². The normalized spacial score (nSPS) is 30.8. The minimum Gasteiger partial charge on any atom is -0.424 e. The molecule has 0 radical (unpaired) electrons. The lowest BCUT2D eigenvalue weighted by atomic mass is 9.74. The third-order valence-corrected chi connectivity index (χ3v) is 15.5. The van der Waals surface area contributed by atoms with Gasteiger partial charge in [0.15, 0.2) is 0 Å². The standard InChI is InChI=1S/C44H36O6P2/c1-51(45,46)49-43-39-35-17-37(33-15-29-25-11-23(27(29)13-31(33)35)19-7-3-5-9-21(19)25)41(39)44(50-52(2,47)48)42-38-18-36(40(42)43)32-14-28-24-12-26(30(28)16-34(32)38)22-10-6-4-8-20(22)24/h3-10,13-16,23-26,35-38H,11-12,17-18H2,1-2H3,(H,45,46)(H,47,48)/t23-,24+,25+,26-,35-,36+,37+,38-. The van der Waals surface area contributed by atoms with Crippen LogP contribution in [0.2, 0.25) is 0 Å². The van der Waals surface area contributed by atoms with Crippen molar-refractivity contribution in [2.75, 3.05) is 13.3 Å². The zero-order valence-corrected chi connectivity index (χ0v) is 30.6. The molecule has 0 fully saturated rings. The lowest BCUT2D eigenvalue weighted by Gasteiger charge is -2.33. The van der Waals surface area contributed by atoms with Crippen molar-refractivity contribution in [3.8, 4) is 11.5 Å². The minimum absolute atomic E-state index is 0.0512. The molecule has 8 aliphatic rings. The molecule has 258 valence electrons. The summed E-state index contributed by atoms with van der Waals surface area (Å²) in [6, 6.07) is 27.4. The van der Waals surface area contributed by atoms with Gasteiger partial charge < -0.3 is 18.8 Å². The first-order chi connectivity index (χ1) is 25.0. The van der Waals surface area contributed by atoms with E-state index < -0.39 is 15.2 Å². The van der Waals surface area contributed by atoms with Gasteiger partial charge in [-0.2, -0.15) is 0 Å². The molecular formula is C44H36O6P2. The molecule has 0 amide bonds. The summed E-state index contributed by atoms with van der Waals surface area (Å²) < 4.78 is 39.3. The molecule has 52 heavy (non-hydrogen) atoms. The van der Waals surface area contributed by atoms with Gasteiger partial charge >= 0.3 is 15.2 Å².